The number of pyridine rings is 2. The molecule has 0 bridgehead atoms. The Kier molecular flexibility index (Phi) is 5.82. The van der Waals surface area contributed by atoms with Gasteiger partial charge in [-0.05, 0) is 84.0 Å². The smallest absolute Gasteiger partial charge is 0.140 e. The Morgan fingerprint density at radius 2 is 1.90 bits per heavy atom. The molecule has 0 radical (unpaired) electrons. The highest BCUT2D eigenvalue weighted by molar-refractivity contribution is 14.1. The molecule has 146 valence electrons. The molecule has 4 aromatic rings. The largest absolute Gasteiger partial charge is 0.487 e. The van der Waals surface area contributed by atoms with Crippen LogP contribution in [0.4, 0.5) is 0 Å². The maximum atomic E-state index is 5.91. The van der Waals surface area contributed by atoms with E-state index in [4.69, 9.17) is 21.3 Å². The summed E-state index contributed by atoms with van der Waals surface area (Å²) in [5.74, 6) is 1.57. The van der Waals surface area contributed by atoms with Crippen molar-refractivity contribution in [2.24, 2.45) is 0 Å². The van der Waals surface area contributed by atoms with Gasteiger partial charge in [-0.1, -0.05) is 17.7 Å². The second-order valence-electron chi connectivity index (χ2n) is 6.71. The predicted molar refractivity (Wildman–Crippen MR) is 123 cm³/mol. The number of benzene rings is 1. The molecule has 3 aromatic heterocycles. The molecular weight excluding hydrogens is 499 g/mol. The van der Waals surface area contributed by atoms with Crippen LogP contribution >= 0.6 is 34.2 Å². The zero-order valence-corrected chi connectivity index (χ0v) is 18.8. The summed E-state index contributed by atoms with van der Waals surface area (Å²) in [6, 6.07) is 13.7. The molecule has 0 aliphatic carbocycles. The predicted octanol–water partition coefficient (Wildman–Crippen LogP) is 5.99. The van der Waals surface area contributed by atoms with Crippen LogP contribution < -0.4 is 4.74 Å². The van der Waals surface area contributed by atoms with Crippen LogP contribution in [0.1, 0.15) is 16.8 Å². The molecule has 0 fully saturated rings. The summed E-state index contributed by atoms with van der Waals surface area (Å²) in [5.41, 5.74) is 5.97. The van der Waals surface area contributed by atoms with Gasteiger partial charge in [0, 0.05) is 23.5 Å². The van der Waals surface area contributed by atoms with Gasteiger partial charge < -0.3 is 9.72 Å². The number of halogens is 2. The van der Waals surface area contributed by atoms with E-state index in [9.17, 15) is 0 Å². The number of H-pyrrole nitrogens is 1. The number of rotatable bonds is 5. The molecule has 29 heavy (non-hydrogen) atoms. The zero-order chi connectivity index (χ0) is 20.4. The maximum absolute atomic E-state index is 5.91. The molecule has 0 amide bonds. The first-order valence-corrected chi connectivity index (χ1v) is 10.5. The first-order chi connectivity index (χ1) is 14.0. The molecule has 0 saturated heterocycles. The van der Waals surface area contributed by atoms with Gasteiger partial charge in [-0.25, -0.2) is 9.97 Å². The average Bonchev–Trinajstić information content (AvgIpc) is 3.09. The van der Waals surface area contributed by atoms with Crippen LogP contribution in [0, 0.1) is 17.5 Å². The number of nitrogens with zero attached hydrogens (tertiary/aromatic N) is 3. The van der Waals surface area contributed by atoms with Crippen molar-refractivity contribution in [3.63, 3.8) is 0 Å². The van der Waals surface area contributed by atoms with Gasteiger partial charge in [-0.15, -0.1) is 0 Å². The fourth-order valence-electron chi connectivity index (χ4n) is 2.92. The van der Waals surface area contributed by atoms with E-state index in [1.54, 1.807) is 12.3 Å². The highest BCUT2D eigenvalue weighted by Crippen LogP contribution is 2.31. The van der Waals surface area contributed by atoms with Crippen molar-refractivity contribution < 1.29 is 4.74 Å². The van der Waals surface area contributed by atoms with Crippen molar-refractivity contribution in [3.8, 4) is 28.4 Å². The van der Waals surface area contributed by atoms with E-state index in [-0.39, 0.29) is 0 Å². The van der Waals surface area contributed by atoms with Crippen molar-refractivity contribution >= 4 is 34.2 Å². The van der Waals surface area contributed by atoms with E-state index in [2.05, 4.69) is 44.5 Å². The monoisotopic (exact) mass is 516 g/mol. The SMILES string of the molecule is Cc1ccc(COc2ccc(-c3nc(-c4ccc(Cl)nc4)[nH]c3I)c(C)c2)nc1. The molecular formula is C22H18ClIN4O. The Morgan fingerprint density at radius 3 is 2.59 bits per heavy atom. The highest BCUT2D eigenvalue weighted by atomic mass is 127. The summed E-state index contributed by atoms with van der Waals surface area (Å²) in [5, 5.41) is 0.461. The van der Waals surface area contributed by atoms with Gasteiger partial charge >= 0.3 is 0 Å². The molecule has 0 aliphatic heterocycles. The Bertz CT molecular complexity index is 1140. The van der Waals surface area contributed by atoms with Crippen molar-refractivity contribution in [3.05, 3.63) is 80.5 Å². The third kappa shape index (κ3) is 4.59. The number of aromatic nitrogens is 4. The molecule has 0 saturated carbocycles. The first kappa shape index (κ1) is 19.8. The van der Waals surface area contributed by atoms with E-state index < -0.39 is 0 Å². The van der Waals surface area contributed by atoms with Gasteiger partial charge in [-0.2, -0.15) is 0 Å². The van der Waals surface area contributed by atoms with E-state index in [1.165, 1.54) is 0 Å². The minimum absolute atomic E-state index is 0.437. The standard InChI is InChI=1S/C22H18ClIN4O/c1-13-3-5-16(25-10-13)12-29-17-6-7-18(14(2)9-17)20-21(24)28-22(27-20)15-4-8-19(23)26-11-15/h3-11H,12H2,1-2H3,(H,27,28). The van der Waals surface area contributed by atoms with E-state index in [1.807, 2.05) is 49.5 Å². The molecule has 3 heterocycles. The average molecular weight is 517 g/mol. The number of aryl methyl sites for hydroxylation is 2. The quantitative estimate of drug-likeness (QED) is 0.261. The third-order valence-corrected chi connectivity index (χ3v) is 5.48. The van der Waals surface area contributed by atoms with Crippen LogP contribution in [0.5, 0.6) is 5.75 Å². The second-order valence-corrected chi connectivity index (χ2v) is 8.18. The van der Waals surface area contributed by atoms with Gasteiger partial charge in [0.15, 0.2) is 0 Å². The molecule has 5 nitrogen and oxygen atoms in total. The first-order valence-electron chi connectivity index (χ1n) is 9.02. The minimum Gasteiger partial charge on any atom is -0.487 e. The highest BCUT2D eigenvalue weighted by Gasteiger charge is 2.14. The van der Waals surface area contributed by atoms with Crippen molar-refractivity contribution in [2.75, 3.05) is 0 Å². The Labute approximate surface area is 187 Å². The van der Waals surface area contributed by atoms with E-state index >= 15 is 0 Å². The van der Waals surface area contributed by atoms with Crippen LogP contribution in [-0.2, 0) is 6.61 Å². The third-order valence-electron chi connectivity index (χ3n) is 4.47. The molecule has 4 rings (SSSR count). The lowest BCUT2D eigenvalue weighted by Gasteiger charge is -2.09. The maximum Gasteiger partial charge on any atom is 0.140 e. The topological polar surface area (TPSA) is 63.7 Å². The van der Waals surface area contributed by atoms with Gasteiger partial charge in [0.2, 0.25) is 0 Å². The van der Waals surface area contributed by atoms with Gasteiger partial charge in [0.25, 0.3) is 0 Å². The summed E-state index contributed by atoms with van der Waals surface area (Å²) in [7, 11) is 0. The number of nitrogens with one attached hydrogen (secondary N) is 1. The molecule has 1 aromatic carbocycles. The van der Waals surface area contributed by atoms with Gasteiger partial charge in [-0.3, -0.25) is 4.98 Å². The number of imidazole rings is 1. The van der Waals surface area contributed by atoms with Crippen molar-refractivity contribution in [1.29, 1.82) is 0 Å². The van der Waals surface area contributed by atoms with Crippen LogP contribution in [0.25, 0.3) is 22.6 Å². The number of aromatic amines is 1. The van der Waals surface area contributed by atoms with E-state index in [0.29, 0.717) is 11.8 Å². The number of ether oxygens (including phenoxy) is 1. The number of hydrogen-bond acceptors (Lipinski definition) is 4. The van der Waals surface area contributed by atoms with Gasteiger partial charge in [0.05, 0.1) is 5.69 Å². The van der Waals surface area contributed by atoms with Crippen LogP contribution in [-0.4, -0.2) is 19.9 Å². The van der Waals surface area contributed by atoms with Crippen molar-refractivity contribution in [2.45, 2.75) is 20.5 Å². The van der Waals surface area contributed by atoms with Crippen LogP contribution in [0.15, 0.2) is 54.9 Å². The summed E-state index contributed by atoms with van der Waals surface area (Å²) < 4.78 is 6.87. The minimum atomic E-state index is 0.437. The number of hydrogen-bond donors (Lipinski definition) is 1. The van der Waals surface area contributed by atoms with Crippen molar-refractivity contribution in [1.82, 2.24) is 19.9 Å². The molecule has 0 unspecified atom stereocenters. The fourth-order valence-corrected chi connectivity index (χ4v) is 3.69. The van der Waals surface area contributed by atoms with Crippen LogP contribution in [0.3, 0.4) is 0 Å². The summed E-state index contributed by atoms with van der Waals surface area (Å²) in [4.78, 5) is 16.6. The fraction of sp³-hybridized carbons (Fsp3) is 0.136. The lowest BCUT2D eigenvalue weighted by Crippen LogP contribution is -1.98. The molecule has 0 aliphatic rings. The molecule has 0 spiro atoms. The molecule has 1 N–H and O–H groups in total. The lowest BCUT2D eigenvalue weighted by molar-refractivity contribution is 0.301. The molecule has 7 heteroatoms. The van der Waals surface area contributed by atoms with E-state index in [0.717, 1.165) is 48.9 Å². The zero-order valence-electron chi connectivity index (χ0n) is 15.9. The lowest BCUT2D eigenvalue weighted by atomic mass is 10.1. The van der Waals surface area contributed by atoms with Gasteiger partial charge in [0.1, 0.15) is 32.7 Å². The molecule has 0 atom stereocenters. The Balaban J connectivity index is 1.55. The second kappa shape index (κ2) is 8.51. The van der Waals surface area contributed by atoms with Crippen LogP contribution in [0.2, 0.25) is 5.15 Å². The normalized spacial score (nSPS) is 10.9. The Morgan fingerprint density at radius 1 is 1.03 bits per heavy atom. The summed E-state index contributed by atoms with van der Waals surface area (Å²) in [6.07, 6.45) is 3.56. The Hall–Kier alpha value is -2.45. The summed E-state index contributed by atoms with van der Waals surface area (Å²) >= 11 is 8.15. The summed E-state index contributed by atoms with van der Waals surface area (Å²) in [6.45, 7) is 4.51.